The van der Waals surface area contributed by atoms with Crippen LogP contribution in [0.5, 0.6) is 0 Å². The first-order chi connectivity index (χ1) is 10.7. The first-order valence-corrected chi connectivity index (χ1v) is 9.49. The SMILES string of the molecule is CC12CCC3C(C[C@H](O)[C@@]4(O)C[C@@H](O)CC[C@]34C)C1CC[C@@H]2O. The molecule has 0 saturated heterocycles. The van der Waals surface area contributed by atoms with Gasteiger partial charge in [0, 0.05) is 11.8 Å². The number of fused-ring (bicyclic) bond motifs is 5. The Morgan fingerprint density at radius 2 is 1.57 bits per heavy atom. The zero-order valence-electron chi connectivity index (χ0n) is 14.4. The van der Waals surface area contributed by atoms with Crippen molar-refractivity contribution in [1.82, 2.24) is 0 Å². The summed E-state index contributed by atoms with van der Waals surface area (Å²) in [6.07, 6.45) is 4.92. The predicted octanol–water partition coefficient (Wildman–Crippen LogP) is 1.84. The Morgan fingerprint density at radius 1 is 0.826 bits per heavy atom. The summed E-state index contributed by atoms with van der Waals surface area (Å²) in [7, 11) is 0. The molecule has 4 saturated carbocycles. The van der Waals surface area contributed by atoms with Crippen LogP contribution in [0, 0.1) is 28.6 Å². The smallest absolute Gasteiger partial charge is 0.0985 e. The minimum atomic E-state index is -1.16. The minimum Gasteiger partial charge on any atom is -0.393 e. The monoisotopic (exact) mass is 324 g/mol. The molecule has 0 aromatic rings. The largest absolute Gasteiger partial charge is 0.393 e. The van der Waals surface area contributed by atoms with E-state index in [9.17, 15) is 20.4 Å². The summed E-state index contributed by atoms with van der Waals surface area (Å²) >= 11 is 0. The van der Waals surface area contributed by atoms with Gasteiger partial charge in [-0.25, -0.2) is 0 Å². The van der Waals surface area contributed by atoms with Crippen molar-refractivity contribution in [2.45, 2.75) is 89.1 Å². The zero-order valence-corrected chi connectivity index (χ0v) is 14.4. The van der Waals surface area contributed by atoms with Crippen LogP contribution in [0.25, 0.3) is 0 Å². The number of rotatable bonds is 0. The van der Waals surface area contributed by atoms with Gasteiger partial charge in [0.15, 0.2) is 0 Å². The summed E-state index contributed by atoms with van der Waals surface area (Å²) in [6, 6.07) is 0. The van der Waals surface area contributed by atoms with Gasteiger partial charge in [0.25, 0.3) is 0 Å². The molecule has 4 aliphatic rings. The normalized spacial score (nSPS) is 62.3. The molecule has 0 amide bonds. The van der Waals surface area contributed by atoms with Crippen molar-refractivity contribution in [2.24, 2.45) is 28.6 Å². The van der Waals surface area contributed by atoms with Crippen molar-refractivity contribution < 1.29 is 20.4 Å². The van der Waals surface area contributed by atoms with Crippen LogP contribution in [0.15, 0.2) is 0 Å². The van der Waals surface area contributed by atoms with Crippen LogP contribution in [-0.2, 0) is 0 Å². The van der Waals surface area contributed by atoms with E-state index in [-0.39, 0.29) is 16.9 Å². The van der Waals surface area contributed by atoms with E-state index in [4.69, 9.17) is 0 Å². The lowest BCUT2D eigenvalue weighted by Crippen LogP contribution is -2.68. The molecule has 0 bridgehead atoms. The second kappa shape index (κ2) is 4.94. The molecule has 0 aromatic carbocycles. The van der Waals surface area contributed by atoms with Gasteiger partial charge in [-0.3, -0.25) is 0 Å². The maximum absolute atomic E-state index is 11.3. The molecule has 4 heteroatoms. The van der Waals surface area contributed by atoms with Crippen molar-refractivity contribution in [3.8, 4) is 0 Å². The van der Waals surface area contributed by atoms with Crippen LogP contribution in [0.1, 0.15) is 65.2 Å². The Balaban J connectivity index is 1.71. The quantitative estimate of drug-likeness (QED) is 0.548. The molecule has 0 radical (unpaired) electrons. The van der Waals surface area contributed by atoms with E-state index in [1.54, 1.807) is 0 Å². The Kier molecular flexibility index (Phi) is 3.50. The number of hydrogen-bond acceptors (Lipinski definition) is 4. The van der Waals surface area contributed by atoms with Gasteiger partial charge in [0.1, 0.15) is 0 Å². The van der Waals surface area contributed by atoms with Gasteiger partial charge >= 0.3 is 0 Å². The van der Waals surface area contributed by atoms with Crippen LogP contribution in [-0.4, -0.2) is 44.3 Å². The zero-order chi connectivity index (χ0) is 16.6. The second-order valence-corrected chi connectivity index (χ2v) is 9.50. The molecule has 0 aromatic heterocycles. The standard InChI is InChI=1S/C19H32O4/c1-17-7-6-14-12(13(17)3-4-15(17)21)9-16(22)19(23)10-11(20)5-8-18(14,19)2/h11-16,20-23H,3-10H2,1-2H3/t11-,12?,13?,14?,15-,16-,17?,18+,19-/m0/s1. The molecule has 0 spiro atoms. The molecule has 23 heavy (non-hydrogen) atoms. The third kappa shape index (κ3) is 1.92. The Bertz CT molecular complexity index is 496. The van der Waals surface area contributed by atoms with Crippen LogP contribution < -0.4 is 0 Å². The molecule has 0 aliphatic heterocycles. The van der Waals surface area contributed by atoms with Crippen molar-refractivity contribution in [3.05, 3.63) is 0 Å². The lowest BCUT2D eigenvalue weighted by atomic mass is 9.43. The highest BCUT2D eigenvalue weighted by Crippen LogP contribution is 2.67. The molecular weight excluding hydrogens is 292 g/mol. The van der Waals surface area contributed by atoms with E-state index in [1.807, 2.05) is 0 Å². The Morgan fingerprint density at radius 3 is 2.30 bits per heavy atom. The molecule has 132 valence electrons. The Labute approximate surface area is 138 Å². The maximum Gasteiger partial charge on any atom is 0.0985 e. The molecule has 4 aliphatic carbocycles. The summed E-state index contributed by atoms with van der Waals surface area (Å²) in [6.45, 7) is 4.37. The number of hydrogen-bond donors (Lipinski definition) is 4. The van der Waals surface area contributed by atoms with Crippen molar-refractivity contribution in [3.63, 3.8) is 0 Å². The van der Waals surface area contributed by atoms with Gasteiger partial charge in [-0.1, -0.05) is 13.8 Å². The second-order valence-electron chi connectivity index (χ2n) is 9.50. The van der Waals surface area contributed by atoms with E-state index < -0.39 is 17.8 Å². The topological polar surface area (TPSA) is 80.9 Å². The molecule has 0 heterocycles. The van der Waals surface area contributed by atoms with E-state index >= 15 is 0 Å². The fourth-order valence-electron chi connectivity index (χ4n) is 7.23. The summed E-state index contributed by atoms with van der Waals surface area (Å²) in [5.41, 5.74) is -1.49. The molecular formula is C19H32O4. The lowest BCUT2D eigenvalue weighted by molar-refractivity contribution is -0.265. The molecule has 4 unspecified atom stereocenters. The first kappa shape index (κ1) is 16.3. The molecule has 4 N–H and O–H groups in total. The van der Waals surface area contributed by atoms with E-state index in [0.717, 1.165) is 38.5 Å². The lowest BCUT2D eigenvalue weighted by Gasteiger charge is -2.65. The third-order valence-corrected chi connectivity index (χ3v) is 8.78. The highest BCUT2D eigenvalue weighted by atomic mass is 16.3. The van der Waals surface area contributed by atoms with Gasteiger partial charge in [-0.15, -0.1) is 0 Å². The van der Waals surface area contributed by atoms with Gasteiger partial charge in [-0.05, 0) is 68.1 Å². The summed E-state index contributed by atoms with van der Waals surface area (Å²) in [4.78, 5) is 0. The van der Waals surface area contributed by atoms with E-state index in [1.165, 1.54) is 0 Å². The first-order valence-electron chi connectivity index (χ1n) is 9.49. The third-order valence-electron chi connectivity index (χ3n) is 8.78. The van der Waals surface area contributed by atoms with E-state index in [0.29, 0.717) is 30.6 Å². The average molecular weight is 324 g/mol. The highest BCUT2D eigenvalue weighted by Gasteiger charge is 2.67. The fourth-order valence-corrected chi connectivity index (χ4v) is 7.23. The highest BCUT2D eigenvalue weighted by molar-refractivity contribution is 5.17. The Hall–Kier alpha value is -0.160. The van der Waals surface area contributed by atoms with E-state index in [2.05, 4.69) is 13.8 Å². The fraction of sp³-hybridized carbons (Fsp3) is 1.00. The summed E-state index contributed by atoms with van der Waals surface area (Å²) < 4.78 is 0. The van der Waals surface area contributed by atoms with Gasteiger partial charge < -0.3 is 20.4 Å². The van der Waals surface area contributed by atoms with Crippen LogP contribution in [0.2, 0.25) is 0 Å². The van der Waals surface area contributed by atoms with Crippen LogP contribution >= 0.6 is 0 Å². The molecule has 4 rings (SSSR count). The molecule has 9 atom stereocenters. The maximum atomic E-state index is 11.3. The minimum absolute atomic E-state index is 0.0130. The van der Waals surface area contributed by atoms with Gasteiger partial charge in [0.05, 0.1) is 23.9 Å². The van der Waals surface area contributed by atoms with Crippen LogP contribution in [0.3, 0.4) is 0 Å². The van der Waals surface area contributed by atoms with Crippen molar-refractivity contribution in [2.75, 3.05) is 0 Å². The van der Waals surface area contributed by atoms with Gasteiger partial charge in [-0.2, -0.15) is 0 Å². The number of aliphatic hydroxyl groups is 4. The predicted molar refractivity (Wildman–Crippen MR) is 86.6 cm³/mol. The van der Waals surface area contributed by atoms with Crippen molar-refractivity contribution >= 4 is 0 Å². The van der Waals surface area contributed by atoms with Crippen molar-refractivity contribution in [1.29, 1.82) is 0 Å². The van der Waals surface area contributed by atoms with Crippen LogP contribution in [0.4, 0.5) is 0 Å². The number of aliphatic hydroxyl groups excluding tert-OH is 3. The molecule has 4 nitrogen and oxygen atoms in total. The summed E-state index contributed by atoms with van der Waals surface area (Å²) in [5.74, 6) is 1.24. The molecule has 4 fully saturated rings. The average Bonchev–Trinajstić information content (AvgIpc) is 2.79. The van der Waals surface area contributed by atoms with Gasteiger partial charge in [0.2, 0.25) is 0 Å². The summed E-state index contributed by atoms with van der Waals surface area (Å²) in [5, 5.41) is 42.7.